The van der Waals surface area contributed by atoms with Crippen LogP contribution in [0.2, 0.25) is 0 Å². The molecule has 0 spiro atoms. The molecule has 4 rings (SSSR count). The van der Waals surface area contributed by atoms with Gasteiger partial charge in [-0.05, 0) is 63.2 Å². The molecular formula is C26H28FN3O4S. The van der Waals surface area contributed by atoms with E-state index in [2.05, 4.69) is 0 Å². The van der Waals surface area contributed by atoms with Crippen molar-refractivity contribution in [3.63, 3.8) is 0 Å². The van der Waals surface area contributed by atoms with Crippen molar-refractivity contribution in [3.05, 3.63) is 82.9 Å². The number of carbonyl (C=O) groups excluding carboxylic acids is 2. The van der Waals surface area contributed by atoms with E-state index >= 15 is 0 Å². The fourth-order valence-corrected chi connectivity index (χ4v) is 5.94. The molecule has 1 aliphatic rings. The molecule has 184 valence electrons. The van der Waals surface area contributed by atoms with Gasteiger partial charge in [0.1, 0.15) is 5.82 Å². The van der Waals surface area contributed by atoms with E-state index in [4.69, 9.17) is 0 Å². The average molecular weight is 498 g/mol. The summed E-state index contributed by atoms with van der Waals surface area (Å²) in [4.78, 5) is 26.8. The minimum absolute atomic E-state index is 0.0445. The number of sulfonamides is 1. The van der Waals surface area contributed by atoms with Crippen LogP contribution in [-0.4, -0.2) is 66.5 Å². The van der Waals surface area contributed by atoms with Gasteiger partial charge in [-0.15, -0.1) is 0 Å². The predicted molar refractivity (Wildman–Crippen MR) is 131 cm³/mol. The molecule has 2 heterocycles. The number of rotatable bonds is 7. The summed E-state index contributed by atoms with van der Waals surface area (Å²) in [7, 11) is -3.73. The molecule has 0 bridgehead atoms. The van der Waals surface area contributed by atoms with Crippen LogP contribution in [0.3, 0.4) is 0 Å². The van der Waals surface area contributed by atoms with Gasteiger partial charge in [0, 0.05) is 54.4 Å². The maximum atomic E-state index is 13.3. The molecule has 0 atom stereocenters. The van der Waals surface area contributed by atoms with Gasteiger partial charge < -0.3 is 4.57 Å². The molecule has 0 unspecified atom stereocenters. The Morgan fingerprint density at radius 2 is 1.60 bits per heavy atom. The number of benzene rings is 2. The molecule has 1 aromatic heterocycles. The van der Waals surface area contributed by atoms with Crippen LogP contribution >= 0.6 is 0 Å². The summed E-state index contributed by atoms with van der Waals surface area (Å²) in [6.45, 7) is 6.71. The summed E-state index contributed by atoms with van der Waals surface area (Å²) in [5.74, 6) is -0.554. The Morgan fingerprint density at radius 1 is 0.943 bits per heavy atom. The molecule has 9 heteroatoms. The van der Waals surface area contributed by atoms with Gasteiger partial charge in [0.2, 0.25) is 10.0 Å². The van der Waals surface area contributed by atoms with Gasteiger partial charge in [0.05, 0.1) is 11.4 Å². The Balaban J connectivity index is 1.43. The Kier molecular flexibility index (Phi) is 7.02. The van der Waals surface area contributed by atoms with Crippen molar-refractivity contribution in [2.45, 2.75) is 25.7 Å². The second-order valence-electron chi connectivity index (χ2n) is 8.78. The highest BCUT2D eigenvalue weighted by Gasteiger charge is 2.30. The fraction of sp³-hybridized carbons (Fsp3) is 0.308. The minimum atomic E-state index is -3.73. The van der Waals surface area contributed by atoms with E-state index in [0.717, 1.165) is 17.1 Å². The third-order valence-corrected chi connectivity index (χ3v) is 8.29. The first-order valence-corrected chi connectivity index (χ1v) is 12.8. The first-order valence-electron chi connectivity index (χ1n) is 11.4. The Morgan fingerprint density at radius 3 is 2.23 bits per heavy atom. The van der Waals surface area contributed by atoms with Crippen LogP contribution < -0.4 is 0 Å². The van der Waals surface area contributed by atoms with Gasteiger partial charge in [-0.1, -0.05) is 12.1 Å². The summed E-state index contributed by atoms with van der Waals surface area (Å²) < 4.78 is 42.8. The molecule has 2 aromatic carbocycles. The highest BCUT2D eigenvalue weighted by molar-refractivity contribution is 7.89. The van der Waals surface area contributed by atoms with E-state index < -0.39 is 10.0 Å². The van der Waals surface area contributed by atoms with Crippen molar-refractivity contribution < 1.29 is 22.4 Å². The van der Waals surface area contributed by atoms with Crippen molar-refractivity contribution in [1.29, 1.82) is 0 Å². The van der Waals surface area contributed by atoms with Crippen LogP contribution in [0.25, 0.3) is 5.69 Å². The Bertz CT molecular complexity index is 1370. The number of hydrogen-bond acceptors (Lipinski definition) is 5. The number of piperazine rings is 1. The summed E-state index contributed by atoms with van der Waals surface area (Å²) >= 11 is 0. The summed E-state index contributed by atoms with van der Waals surface area (Å²) in [5, 5.41) is 0. The molecule has 0 saturated carbocycles. The third-order valence-electron chi connectivity index (χ3n) is 6.39. The van der Waals surface area contributed by atoms with E-state index in [-0.39, 0.29) is 41.9 Å². The van der Waals surface area contributed by atoms with Crippen molar-refractivity contribution in [1.82, 2.24) is 13.8 Å². The zero-order valence-electron chi connectivity index (χ0n) is 20.0. The molecule has 0 amide bonds. The number of carbonyl (C=O) groups is 2. The SMILES string of the molecule is CC(=O)c1cccc(S(=O)(=O)N2CCN(CC(=O)c3cc(C)n(-c4ccc(F)cc4)c3C)CC2)c1. The van der Waals surface area contributed by atoms with Crippen molar-refractivity contribution in [3.8, 4) is 5.69 Å². The van der Waals surface area contributed by atoms with Crippen LogP contribution in [0.15, 0.2) is 59.5 Å². The topological polar surface area (TPSA) is 79.7 Å². The first-order chi connectivity index (χ1) is 16.6. The zero-order valence-corrected chi connectivity index (χ0v) is 20.8. The third kappa shape index (κ3) is 5.12. The molecule has 3 aromatic rings. The Labute approximate surface area is 204 Å². The maximum Gasteiger partial charge on any atom is 0.243 e. The number of ketones is 2. The van der Waals surface area contributed by atoms with Crippen LogP contribution in [0.1, 0.15) is 39.0 Å². The number of aromatic nitrogens is 1. The molecule has 1 saturated heterocycles. The summed E-state index contributed by atoms with van der Waals surface area (Å²) in [5.41, 5.74) is 3.40. The average Bonchev–Trinajstić information content (AvgIpc) is 3.14. The van der Waals surface area contributed by atoms with Gasteiger partial charge in [0.25, 0.3) is 0 Å². The lowest BCUT2D eigenvalue weighted by molar-refractivity contribution is 0.0900. The fourth-order valence-electron chi connectivity index (χ4n) is 4.47. The van der Waals surface area contributed by atoms with E-state index in [9.17, 15) is 22.4 Å². The van der Waals surface area contributed by atoms with E-state index in [1.54, 1.807) is 24.3 Å². The van der Waals surface area contributed by atoms with Crippen LogP contribution in [0.5, 0.6) is 0 Å². The molecule has 0 N–H and O–H groups in total. The normalized spacial score (nSPS) is 15.3. The summed E-state index contributed by atoms with van der Waals surface area (Å²) in [6, 6.07) is 14.0. The molecular weight excluding hydrogens is 469 g/mol. The highest BCUT2D eigenvalue weighted by atomic mass is 32.2. The van der Waals surface area contributed by atoms with Crippen molar-refractivity contribution in [2.24, 2.45) is 0 Å². The van der Waals surface area contributed by atoms with Crippen molar-refractivity contribution in [2.75, 3.05) is 32.7 Å². The lowest BCUT2D eigenvalue weighted by Gasteiger charge is -2.33. The van der Waals surface area contributed by atoms with Gasteiger partial charge >= 0.3 is 0 Å². The monoisotopic (exact) mass is 497 g/mol. The lowest BCUT2D eigenvalue weighted by atomic mass is 10.1. The smallest absolute Gasteiger partial charge is 0.243 e. The number of aryl methyl sites for hydroxylation is 1. The standard InChI is InChI=1S/C26H28FN3O4S/c1-18-15-25(19(2)30(18)23-9-7-22(27)8-10-23)26(32)17-28-11-13-29(14-12-28)35(33,34)24-6-4-5-21(16-24)20(3)31/h4-10,15-16H,11-14,17H2,1-3H3. The van der Waals surface area contributed by atoms with E-state index in [0.29, 0.717) is 24.2 Å². The van der Waals surface area contributed by atoms with E-state index in [1.165, 1.54) is 35.5 Å². The van der Waals surface area contributed by atoms with Gasteiger partial charge in [0.15, 0.2) is 11.6 Å². The molecule has 7 nitrogen and oxygen atoms in total. The quantitative estimate of drug-likeness (QED) is 0.466. The predicted octanol–water partition coefficient (Wildman–Crippen LogP) is 3.63. The number of halogens is 1. The molecule has 0 radical (unpaired) electrons. The van der Waals surface area contributed by atoms with Crippen LogP contribution in [0, 0.1) is 19.7 Å². The van der Waals surface area contributed by atoms with Crippen molar-refractivity contribution >= 4 is 21.6 Å². The second-order valence-corrected chi connectivity index (χ2v) is 10.7. The molecule has 0 aliphatic carbocycles. The molecule has 35 heavy (non-hydrogen) atoms. The van der Waals surface area contributed by atoms with Crippen LogP contribution in [-0.2, 0) is 10.0 Å². The maximum absolute atomic E-state index is 13.3. The summed E-state index contributed by atoms with van der Waals surface area (Å²) in [6.07, 6.45) is 0. The Hall–Kier alpha value is -3.14. The first kappa shape index (κ1) is 25.0. The van der Waals surface area contributed by atoms with Gasteiger partial charge in [-0.3, -0.25) is 14.5 Å². The largest absolute Gasteiger partial charge is 0.318 e. The zero-order chi connectivity index (χ0) is 25.3. The number of Topliss-reactive ketones (excluding diaryl/α,β-unsaturated/α-hetero) is 2. The van der Waals surface area contributed by atoms with Gasteiger partial charge in [-0.2, -0.15) is 4.31 Å². The van der Waals surface area contributed by atoms with E-state index in [1.807, 2.05) is 29.4 Å². The second kappa shape index (κ2) is 9.85. The molecule has 1 aliphatic heterocycles. The minimum Gasteiger partial charge on any atom is -0.318 e. The molecule has 1 fully saturated rings. The number of nitrogens with zero attached hydrogens (tertiary/aromatic N) is 3. The lowest BCUT2D eigenvalue weighted by Crippen LogP contribution is -2.49. The highest BCUT2D eigenvalue weighted by Crippen LogP contribution is 2.23. The van der Waals surface area contributed by atoms with Crippen LogP contribution in [0.4, 0.5) is 4.39 Å². The van der Waals surface area contributed by atoms with Gasteiger partial charge in [-0.25, -0.2) is 12.8 Å². The number of hydrogen-bond donors (Lipinski definition) is 0.